The van der Waals surface area contributed by atoms with E-state index in [1.165, 1.54) is 4.88 Å². The average Bonchev–Trinajstić information content (AvgIpc) is 2.66. The lowest BCUT2D eigenvalue weighted by atomic mass is 10.2. The zero-order chi connectivity index (χ0) is 11.5. The highest BCUT2D eigenvalue weighted by molar-refractivity contribution is 7.15. The van der Waals surface area contributed by atoms with Gasteiger partial charge in [-0.2, -0.15) is 0 Å². The predicted molar refractivity (Wildman–Crippen MR) is 68.7 cm³/mol. The van der Waals surface area contributed by atoms with Gasteiger partial charge in [0.25, 0.3) is 0 Å². The third kappa shape index (κ3) is 2.71. The summed E-state index contributed by atoms with van der Waals surface area (Å²) < 4.78 is 0. The van der Waals surface area contributed by atoms with Crippen LogP contribution in [0.15, 0.2) is 24.5 Å². The van der Waals surface area contributed by atoms with Crippen LogP contribution in [0.25, 0.3) is 0 Å². The molecule has 0 aromatic carbocycles. The molecule has 0 aliphatic carbocycles. The Hall–Kier alpha value is -1.13. The maximum atomic E-state index is 5.80. The van der Waals surface area contributed by atoms with E-state index in [-0.39, 0.29) is 0 Å². The summed E-state index contributed by atoms with van der Waals surface area (Å²) in [6.07, 6.45) is 3.57. The van der Waals surface area contributed by atoms with Gasteiger partial charge in [-0.25, -0.2) is 9.97 Å². The SMILES string of the molecule is CC(C)c1cnc(Nc2ccnc(Cl)c2)s1. The van der Waals surface area contributed by atoms with Gasteiger partial charge in [0.2, 0.25) is 0 Å². The summed E-state index contributed by atoms with van der Waals surface area (Å²) in [6.45, 7) is 4.31. The van der Waals surface area contributed by atoms with E-state index in [4.69, 9.17) is 11.6 Å². The van der Waals surface area contributed by atoms with Crippen molar-refractivity contribution < 1.29 is 0 Å². The zero-order valence-corrected chi connectivity index (χ0v) is 10.6. The Morgan fingerprint density at radius 3 is 2.81 bits per heavy atom. The van der Waals surface area contributed by atoms with Crippen LogP contribution < -0.4 is 5.32 Å². The molecule has 0 aliphatic rings. The number of aromatic nitrogens is 2. The molecule has 1 N–H and O–H groups in total. The largest absolute Gasteiger partial charge is 0.331 e. The third-order valence-electron chi connectivity index (χ3n) is 2.07. The summed E-state index contributed by atoms with van der Waals surface area (Å²) in [5, 5.41) is 4.56. The van der Waals surface area contributed by atoms with Crippen molar-refractivity contribution in [3.05, 3.63) is 34.6 Å². The fraction of sp³-hybridized carbons (Fsp3) is 0.273. The lowest BCUT2D eigenvalue weighted by Gasteiger charge is -2.01. The predicted octanol–water partition coefficient (Wildman–Crippen LogP) is 4.06. The molecule has 0 bridgehead atoms. The number of nitrogens with zero attached hydrogens (tertiary/aromatic N) is 2. The van der Waals surface area contributed by atoms with E-state index in [2.05, 4.69) is 29.1 Å². The highest BCUT2D eigenvalue weighted by Crippen LogP contribution is 2.27. The molecule has 0 atom stereocenters. The van der Waals surface area contributed by atoms with Crippen LogP contribution in [0.3, 0.4) is 0 Å². The van der Waals surface area contributed by atoms with Crippen LogP contribution in [0.5, 0.6) is 0 Å². The molecule has 2 heterocycles. The van der Waals surface area contributed by atoms with Gasteiger partial charge in [-0.15, -0.1) is 11.3 Å². The molecule has 2 rings (SSSR count). The molecule has 0 saturated carbocycles. The van der Waals surface area contributed by atoms with E-state index >= 15 is 0 Å². The molecule has 5 heteroatoms. The molecule has 0 aliphatic heterocycles. The summed E-state index contributed by atoms with van der Waals surface area (Å²) >= 11 is 7.45. The molecule has 0 saturated heterocycles. The second kappa shape index (κ2) is 4.80. The standard InChI is InChI=1S/C11H12ClN3S/c1-7(2)9-6-14-11(16-9)15-8-3-4-13-10(12)5-8/h3-7H,1-2H3,(H,13,14,15). The second-order valence-electron chi connectivity index (χ2n) is 3.71. The molecule has 2 aromatic rings. The fourth-order valence-corrected chi connectivity index (χ4v) is 2.23. The van der Waals surface area contributed by atoms with Crippen molar-refractivity contribution >= 4 is 33.8 Å². The number of pyridine rings is 1. The van der Waals surface area contributed by atoms with E-state index < -0.39 is 0 Å². The number of anilines is 2. The Labute approximate surface area is 104 Å². The molecule has 0 spiro atoms. The first-order valence-corrected chi connectivity index (χ1v) is 6.19. The van der Waals surface area contributed by atoms with Crippen molar-refractivity contribution in [2.45, 2.75) is 19.8 Å². The van der Waals surface area contributed by atoms with E-state index in [1.807, 2.05) is 12.3 Å². The van der Waals surface area contributed by atoms with Gasteiger partial charge < -0.3 is 5.32 Å². The van der Waals surface area contributed by atoms with Crippen molar-refractivity contribution in [3.8, 4) is 0 Å². The van der Waals surface area contributed by atoms with Crippen LogP contribution in [0.4, 0.5) is 10.8 Å². The van der Waals surface area contributed by atoms with Gasteiger partial charge in [0.1, 0.15) is 5.15 Å². The molecular weight excluding hydrogens is 242 g/mol. The van der Waals surface area contributed by atoms with Gasteiger partial charge in [-0.3, -0.25) is 0 Å². The number of rotatable bonds is 3. The third-order valence-corrected chi connectivity index (χ3v) is 3.49. The molecule has 2 aromatic heterocycles. The first-order valence-electron chi connectivity index (χ1n) is 4.99. The van der Waals surface area contributed by atoms with E-state index in [9.17, 15) is 0 Å². The molecule has 3 nitrogen and oxygen atoms in total. The molecular formula is C11H12ClN3S. The number of halogens is 1. The van der Waals surface area contributed by atoms with Crippen LogP contribution in [0, 0.1) is 0 Å². The Balaban J connectivity index is 2.14. The van der Waals surface area contributed by atoms with Crippen LogP contribution in [-0.2, 0) is 0 Å². The maximum absolute atomic E-state index is 5.80. The van der Waals surface area contributed by atoms with Gasteiger partial charge in [-0.1, -0.05) is 25.4 Å². The Bertz CT molecular complexity index is 482. The topological polar surface area (TPSA) is 37.8 Å². The van der Waals surface area contributed by atoms with Crippen molar-refractivity contribution in [2.24, 2.45) is 0 Å². The van der Waals surface area contributed by atoms with Gasteiger partial charge >= 0.3 is 0 Å². The van der Waals surface area contributed by atoms with Gasteiger partial charge in [-0.05, 0) is 18.1 Å². The lowest BCUT2D eigenvalue weighted by Crippen LogP contribution is -1.89. The highest BCUT2D eigenvalue weighted by Gasteiger charge is 2.05. The van der Waals surface area contributed by atoms with Crippen LogP contribution in [-0.4, -0.2) is 9.97 Å². The summed E-state index contributed by atoms with van der Waals surface area (Å²) in [5.41, 5.74) is 0.907. The Morgan fingerprint density at radius 1 is 1.38 bits per heavy atom. The van der Waals surface area contributed by atoms with Crippen LogP contribution in [0.1, 0.15) is 24.6 Å². The molecule has 16 heavy (non-hydrogen) atoms. The minimum Gasteiger partial charge on any atom is -0.331 e. The zero-order valence-electron chi connectivity index (χ0n) is 9.07. The van der Waals surface area contributed by atoms with Gasteiger partial charge in [0.05, 0.1) is 0 Å². The van der Waals surface area contributed by atoms with Crippen molar-refractivity contribution in [2.75, 3.05) is 5.32 Å². The van der Waals surface area contributed by atoms with Crippen molar-refractivity contribution in [1.29, 1.82) is 0 Å². The van der Waals surface area contributed by atoms with Crippen molar-refractivity contribution in [3.63, 3.8) is 0 Å². The number of hydrogen-bond donors (Lipinski definition) is 1. The molecule has 0 unspecified atom stereocenters. The van der Waals surface area contributed by atoms with Crippen molar-refractivity contribution in [1.82, 2.24) is 9.97 Å². The first-order chi connectivity index (χ1) is 7.65. The monoisotopic (exact) mass is 253 g/mol. The second-order valence-corrected chi connectivity index (χ2v) is 5.16. The lowest BCUT2D eigenvalue weighted by molar-refractivity contribution is 0.885. The summed E-state index contributed by atoms with van der Waals surface area (Å²) in [5.74, 6) is 0.508. The summed E-state index contributed by atoms with van der Waals surface area (Å²) in [4.78, 5) is 9.50. The summed E-state index contributed by atoms with van der Waals surface area (Å²) in [6, 6.07) is 3.64. The van der Waals surface area contributed by atoms with Crippen LogP contribution >= 0.6 is 22.9 Å². The number of nitrogens with one attached hydrogen (secondary N) is 1. The number of thiazole rings is 1. The minimum absolute atomic E-state index is 0.477. The van der Waals surface area contributed by atoms with E-state index in [1.54, 1.807) is 23.6 Å². The molecule has 0 radical (unpaired) electrons. The van der Waals surface area contributed by atoms with E-state index in [0.29, 0.717) is 11.1 Å². The molecule has 0 amide bonds. The Morgan fingerprint density at radius 2 is 2.19 bits per heavy atom. The van der Waals surface area contributed by atoms with E-state index in [0.717, 1.165) is 10.8 Å². The first kappa shape index (κ1) is 11.4. The average molecular weight is 254 g/mol. The quantitative estimate of drug-likeness (QED) is 0.839. The minimum atomic E-state index is 0.477. The molecule has 84 valence electrons. The normalized spacial score (nSPS) is 10.8. The smallest absolute Gasteiger partial charge is 0.187 e. The van der Waals surface area contributed by atoms with Crippen LogP contribution in [0.2, 0.25) is 5.15 Å². The number of hydrogen-bond acceptors (Lipinski definition) is 4. The van der Waals surface area contributed by atoms with Gasteiger partial charge in [0, 0.05) is 23.0 Å². The maximum Gasteiger partial charge on any atom is 0.187 e. The molecule has 0 fully saturated rings. The highest BCUT2D eigenvalue weighted by atomic mass is 35.5. The van der Waals surface area contributed by atoms with Gasteiger partial charge in [0.15, 0.2) is 5.13 Å². The fourth-order valence-electron chi connectivity index (χ4n) is 1.21. The Kier molecular flexibility index (Phi) is 3.41. The summed E-state index contributed by atoms with van der Waals surface area (Å²) in [7, 11) is 0.